The van der Waals surface area contributed by atoms with E-state index in [-0.39, 0.29) is 17.9 Å². The van der Waals surface area contributed by atoms with Crippen molar-refractivity contribution in [1.29, 1.82) is 0 Å². The molecule has 0 aliphatic heterocycles. The van der Waals surface area contributed by atoms with Gasteiger partial charge in [-0.2, -0.15) is 5.10 Å². The lowest BCUT2D eigenvalue weighted by atomic mass is 10.3. The van der Waals surface area contributed by atoms with Crippen LogP contribution in [0.4, 0.5) is 0 Å². The third kappa shape index (κ3) is 1.36. The molecule has 1 fully saturated rings. The lowest BCUT2D eigenvalue weighted by Gasteiger charge is -1.98. The standard InChI is InChI=1S/C6H10N4.ClH/c1-4-8-5(10-9-4)6(7)2-3-6;/h2-3,7H2,1H3,(H,8,9,10);1H. The predicted octanol–water partition coefficient (Wildman–Crippen LogP) is 0.483. The molecule has 4 nitrogen and oxygen atoms in total. The molecule has 0 unspecified atom stereocenters. The topological polar surface area (TPSA) is 67.6 Å². The number of aromatic nitrogens is 3. The Morgan fingerprint density at radius 3 is 2.55 bits per heavy atom. The van der Waals surface area contributed by atoms with E-state index in [0.29, 0.717) is 0 Å². The smallest absolute Gasteiger partial charge is 0.170 e. The van der Waals surface area contributed by atoms with Gasteiger partial charge in [0.25, 0.3) is 0 Å². The molecule has 0 spiro atoms. The normalized spacial score (nSPS) is 19.1. The second-order valence-electron chi connectivity index (χ2n) is 2.90. The molecule has 0 amide bonds. The van der Waals surface area contributed by atoms with Gasteiger partial charge < -0.3 is 5.73 Å². The van der Waals surface area contributed by atoms with Gasteiger partial charge in [-0.1, -0.05) is 0 Å². The van der Waals surface area contributed by atoms with E-state index in [1.165, 1.54) is 0 Å². The zero-order chi connectivity index (χ0) is 7.19. The number of aryl methyl sites for hydroxylation is 1. The number of halogens is 1. The van der Waals surface area contributed by atoms with E-state index in [9.17, 15) is 0 Å². The summed E-state index contributed by atoms with van der Waals surface area (Å²) in [5, 5.41) is 6.76. The third-order valence-electron chi connectivity index (χ3n) is 1.83. The van der Waals surface area contributed by atoms with Crippen molar-refractivity contribution in [1.82, 2.24) is 15.2 Å². The van der Waals surface area contributed by atoms with Crippen LogP contribution in [0.1, 0.15) is 24.5 Å². The summed E-state index contributed by atoms with van der Waals surface area (Å²) in [7, 11) is 0. The van der Waals surface area contributed by atoms with Gasteiger partial charge in [-0.25, -0.2) is 4.98 Å². The molecule has 0 radical (unpaired) electrons. The highest BCUT2D eigenvalue weighted by Gasteiger charge is 2.43. The van der Waals surface area contributed by atoms with Crippen molar-refractivity contribution in [3.05, 3.63) is 11.6 Å². The van der Waals surface area contributed by atoms with Crippen LogP contribution in [0, 0.1) is 6.92 Å². The van der Waals surface area contributed by atoms with Gasteiger partial charge in [-0.3, -0.25) is 5.10 Å². The number of nitrogens with two attached hydrogens (primary N) is 1. The van der Waals surface area contributed by atoms with Gasteiger partial charge in [-0.05, 0) is 19.8 Å². The zero-order valence-electron chi connectivity index (χ0n) is 6.29. The van der Waals surface area contributed by atoms with Gasteiger partial charge in [0.15, 0.2) is 5.82 Å². The lowest BCUT2D eigenvalue weighted by molar-refractivity contribution is 0.676. The number of nitrogens with one attached hydrogen (secondary N) is 1. The largest absolute Gasteiger partial charge is 0.319 e. The fourth-order valence-electron chi connectivity index (χ4n) is 0.924. The van der Waals surface area contributed by atoms with Crippen LogP contribution in [0.3, 0.4) is 0 Å². The van der Waals surface area contributed by atoms with Crippen LogP contribution in [-0.4, -0.2) is 15.2 Å². The predicted molar refractivity (Wildman–Crippen MR) is 43.5 cm³/mol. The molecule has 3 N–H and O–H groups in total. The molecule has 0 saturated heterocycles. The van der Waals surface area contributed by atoms with E-state index in [1.807, 2.05) is 6.92 Å². The molecule has 1 aromatic heterocycles. The number of hydrogen-bond donors (Lipinski definition) is 2. The SMILES string of the molecule is Cc1nc(C2(N)CC2)n[nH]1.Cl. The summed E-state index contributed by atoms with van der Waals surface area (Å²) in [6, 6.07) is 0. The number of nitrogens with zero attached hydrogens (tertiary/aromatic N) is 2. The van der Waals surface area contributed by atoms with E-state index in [4.69, 9.17) is 5.73 Å². The van der Waals surface area contributed by atoms with Crippen LogP contribution in [0.5, 0.6) is 0 Å². The Labute approximate surface area is 71.0 Å². The molecule has 0 atom stereocenters. The fourth-order valence-corrected chi connectivity index (χ4v) is 0.924. The Balaban J connectivity index is 0.000000605. The van der Waals surface area contributed by atoms with E-state index < -0.39 is 0 Å². The van der Waals surface area contributed by atoms with E-state index in [0.717, 1.165) is 24.5 Å². The van der Waals surface area contributed by atoms with Crippen molar-refractivity contribution in [3.8, 4) is 0 Å². The Morgan fingerprint density at radius 2 is 2.18 bits per heavy atom. The summed E-state index contributed by atoms with van der Waals surface area (Å²) < 4.78 is 0. The van der Waals surface area contributed by atoms with Crippen LogP contribution >= 0.6 is 12.4 Å². The first-order chi connectivity index (χ1) is 4.71. The minimum atomic E-state index is -0.190. The van der Waals surface area contributed by atoms with Gasteiger partial charge in [0, 0.05) is 0 Å². The average molecular weight is 175 g/mol. The van der Waals surface area contributed by atoms with Crippen molar-refractivity contribution < 1.29 is 0 Å². The highest BCUT2D eigenvalue weighted by Crippen LogP contribution is 2.40. The maximum Gasteiger partial charge on any atom is 0.170 e. The van der Waals surface area contributed by atoms with Gasteiger partial charge in [0.1, 0.15) is 5.82 Å². The highest BCUT2D eigenvalue weighted by molar-refractivity contribution is 5.85. The fraction of sp³-hybridized carbons (Fsp3) is 0.667. The summed E-state index contributed by atoms with van der Waals surface area (Å²) in [5.74, 6) is 1.61. The quantitative estimate of drug-likeness (QED) is 0.651. The first-order valence-electron chi connectivity index (χ1n) is 3.39. The van der Waals surface area contributed by atoms with E-state index in [2.05, 4.69) is 15.2 Å². The molecule has 1 heterocycles. The van der Waals surface area contributed by atoms with Crippen molar-refractivity contribution in [2.75, 3.05) is 0 Å². The molecular weight excluding hydrogens is 164 g/mol. The number of aromatic amines is 1. The lowest BCUT2D eigenvalue weighted by Crippen LogP contribution is -2.20. The van der Waals surface area contributed by atoms with Gasteiger partial charge in [0.05, 0.1) is 5.54 Å². The summed E-state index contributed by atoms with van der Waals surface area (Å²) in [6.45, 7) is 1.88. The minimum Gasteiger partial charge on any atom is -0.319 e. The molecule has 11 heavy (non-hydrogen) atoms. The Kier molecular flexibility index (Phi) is 1.90. The second kappa shape index (κ2) is 2.46. The van der Waals surface area contributed by atoms with E-state index in [1.54, 1.807) is 0 Å². The van der Waals surface area contributed by atoms with Crippen LogP contribution in [-0.2, 0) is 5.54 Å². The molecule has 5 heteroatoms. The Bertz CT molecular complexity index is 253. The van der Waals surface area contributed by atoms with Crippen molar-refractivity contribution >= 4 is 12.4 Å². The van der Waals surface area contributed by atoms with Crippen LogP contribution in [0.2, 0.25) is 0 Å². The number of hydrogen-bond acceptors (Lipinski definition) is 3. The molecular formula is C6H11ClN4. The first kappa shape index (κ1) is 8.49. The third-order valence-corrected chi connectivity index (χ3v) is 1.83. The van der Waals surface area contributed by atoms with Crippen LogP contribution in [0.15, 0.2) is 0 Å². The maximum atomic E-state index is 5.84. The molecule has 1 saturated carbocycles. The summed E-state index contributed by atoms with van der Waals surface area (Å²) in [5.41, 5.74) is 5.65. The van der Waals surface area contributed by atoms with Gasteiger partial charge in [0.2, 0.25) is 0 Å². The highest BCUT2D eigenvalue weighted by atomic mass is 35.5. The zero-order valence-corrected chi connectivity index (χ0v) is 7.11. The molecule has 1 aliphatic carbocycles. The maximum absolute atomic E-state index is 5.84. The van der Waals surface area contributed by atoms with Crippen molar-refractivity contribution in [3.63, 3.8) is 0 Å². The summed E-state index contributed by atoms with van der Waals surface area (Å²) in [6.07, 6.45) is 2.04. The minimum absolute atomic E-state index is 0. The number of rotatable bonds is 1. The second-order valence-corrected chi connectivity index (χ2v) is 2.90. The Hall–Kier alpha value is -0.610. The summed E-state index contributed by atoms with van der Waals surface area (Å²) in [4.78, 5) is 4.15. The molecule has 62 valence electrons. The number of H-pyrrole nitrogens is 1. The van der Waals surface area contributed by atoms with Gasteiger partial charge in [-0.15, -0.1) is 12.4 Å². The molecule has 2 rings (SSSR count). The van der Waals surface area contributed by atoms with Crippen LogP contribution in [0.25, 0.3) is 0 Å². The van der Waals surface area contributed by atoms with Crippen molar-refractivity contribution in [2.45, 2.75) is 25.3 Å². The van der Waals surface area contributed by atoms with Crippen LogP contribution < -0.4 is 5.73 Å². The van der Waals surface area contributed by atoms with Gasteiger partial charge >= 0.3 is 0 Å². The molecule has 1 aliphatic rings. The Morgan fingerprint density at radius 1 is 1.55 bits per heavy atom. The summed E-state index contributed by atoms with van der Waals surface area (Å²) >= 11 is 0. The molecule has 1 aromatic rings. The van der Waals surface area contributed by atoms with E-state index >= 15 is 0 Å². The van der Waals surface area contributed by atoms with Crippen molar-refractivity contribution in [2.24, 2.45) is 5.73 Å². The monoisotopic (exact) mass is 174 g/mol. The average Bonchev–Trinajstić information content (AvgIpc) is 2.45. The molecule has 0 aromatic carbocycles. The first-order valence-corrected chi connectivity index (χ1v) is 3.39. The molecule has 0 bridgehead atoms.